The molecular formula is C26H25N5O3S. The Morgan fingerprint density at radius 2 is 1.71 bits per heavy atom. The van der Waals surface area contributed by atoms with Crippen LogP contribution in [0.25, 0.3) is 17.1 Å². The molecule has 1 N–H and O–H groups in total. The Morgan fingerprint density at radius 3 is 2.43 bits per heavy atom. The molecule has 0 unspecified atom stereocenters. The number of anilines is 1. The molecule has 0 spiro atoms. The standard InChI is InChI=1S/C26H25N5O3S/c1-3-18-9-11-20(12-10-18)31-24(19-13-15-27-16-14-19)29-30-26(31)35-17-23(32)28-22-8-6-5-7-21(22)25(33)34-4-2/h5-16H,3-4,17H2,1-2H3,(H,28,32). The van der Waals surface area contributed by atoms with Crippen molar-refractivity contribution in [3.05, 3.63) is 84.2 Å². The molecule has 0 saturated heterocycles. The summed E-state index contributed by atoms with van der Waals surface area (Å²) in [7, 11) is 0. The first-order chi connectivity index (χ1) is 17.1. The van der Waals surface area contributed by atoms with Crippen molar-refractivity contribution in [1.82, 2.24) is 19.7 Å². The minimum Gasteiger partial charge on any atom is -0.462 e. The quantitative estimate of drug-likeness (QED) is 0.267. The number of nitrogens with zero attached hydrogens (tertiary/aromatic N) is 4. The lowest BCUT2D eigenvalue weighted by Crippen LogP contribution is -2.17. The molecule has 0 bridgehead atoms. The van der Waals surface area contributed by atoms with E-state index in [0.717, 1.165) is 17.7 Å². The molecule has 2 aromatic heterocycles. The summed E-state index contributed by atoms with van der Waals surface area (Å²) in [6, 6.07) is 18.7. The van der Waals surface area contributed by atoms with Crippen LogP contribution in [-0.2, 0) is 16.0 Å². The highest BCUT2D eigenvalue weighted by molar-refractivity contribution is 7.99. The lowest BCUT2D eigenvalue weighted by molar-refractivity contribution is -0.113. The van der Waals surface area contributed by atoms with Gasteiger partial charge in [0.05, 0.1) is 23.6 Å². The molecule has 178 valence electrons. The number of aromatic nitrogens is 4. The normalized spacial score (nSPS) is 10.7. The monoisotopic (exact) mass is 487 g/mol. The first kappa shape index (κ1) is 24.2. The summed E-state index contributed by atoms with van der Waals surface area (Å²) < 4.78 is 7.01. The summed E-state index contributed by atoms with van der Waals surface area (Å²) in [5.74, 6) is -0.00722. The summed E-state index contributed by atoms with van der Waals surface area (Å²) >= 11 is 1.26. The van der Waals surface area contributed by atoms with Crippen LogP contribution in [0.1, 0.15) is 29.8 Å². The van der Waals surface area contributed by atoms with E-state index in [2.05, 4.69) is 39.6 Å². The summed E-state index contributed by atoms with van der Waals surface area (Å²) in [4.78, 5) is 29.1. The van der Waals surface area contributed by atoms with E-state index in [0.29, 0.717) is 22.2 Å². The van der Waals surface area contributed by atoms with E-state index in [1.807, 2.05) is 28.8 Å². The number of hydrogen-bond donors (Lipinski definition) is 1. The molecule has 0 atom stereocenters. The van der Waals surface area contributed by atoms with Crippen molar-refractivity contribution in [2.75, 3.05) is 17.7 Å². The average molecular weight is 488 g/mol. The third-order valence-electron chi connectivity index (χ3n) is 5.20. The zero-order valence-corrected chi connectivity index (χ0v) is 20.3. The third-order valence-corrected chi connectivity index (χ3v) is 6.13. The summed E-state index contributed by atoms with van der Waals surface area (Å²) in [5, 5.41) is 12.1. The lowest BCUT2D eigenvalue weighted by atomic mass is 10.1. The SMILES string of the molecule is CCOC(=O)c1ccccc1NC(=O)CSc1nnc(-c2ccncc2)n1-c1ccc(CC)cc1. The van der Waals surface area contributed by atoms with Crippen molar-refractivity contribution in [2.24, 2.45) is 0 Å². The van der Waals surface area contributed by atoms with Gasteiger partial charge in [0, 0.05) is 23.6 Å². The minimum atomic E-state index is -0.478. The van der Waals surface area contributed by atoms with E-state index < -0.39 is 5.97 Å². The molecule has 4 aromatic rings. The molecule has 0 fully saturated rings. The Labute approximate surface area is 207 Å². The Hall–Kier alpha value is -3.98. The Bertz CT molecular complexity index is 1310. The van der Waals surface area contributed by atoms with Crippen molar-refractivity contribution < 1.29 is 14.3 Å². The van der Waals surface area contributed by atoms with Crippen LogP contribution >= 0.6 is 11.8 Å². The van der Waals surface area contributed by atoms with Gasteiger partial charge in [0.1, 0.15) is 0 Å². The number of pyridine rings is 1. The van der Waals surface area contributed by atoms with Gasteiger partial charge in [-0.1, -0.05) is 43.0 Å². The summed E-state index contributed by atoms with van der Waals surface area (Å²) in [6.07, 6.45) is 4.35. The number of amides is 1. The van der Waals surface area contributed by atoms with Gasteiger partial charge in [-0.2, -0.15) is 0 Å². The van der Waals surface area contributed by atoms with E-state index in [4.69, 9.17) is 4.74 Å². The number of ether oxygens (including phenoxy) is 1. The number of nitrogens with one attached hydrogen (secondary N) is 1. The van der Waals surface area contributed by atoms with Gasteiger partial charge in [-0.05, 0) is 55.3 Å². The number of thioether (sulfide) groups is 1. The van der Waals surface area contributed by atoms with E-state index in [1.165, 1.54) is 17.3 Å². The van der Waals surface area contributed by atoms with Gasteiger partial charge in [-0.25, -0.2) is 4.79 Å². The largest absolute Gasteiger partial charge is 0.462 e. The Kier molecular flexibility index (Phi) is 7.89. The molecular weight excluding hydrogens is 462 g/mol. The van der Waals surface area contributed by atoms with Gasteiger partial charge in [-0.15, -0.1) is 10.2 Å². The molecule has 0 aliphatic rings. The number of esters is 1. The molecule has 8 nitrogen and oxygen atoms in total. The fraction of sp³-hybridized carbons (Fsp3) is 0.192. The topological polar surface area (TPSA) is 99.0 Å². The van der Waals surface area contributed by atoms with Gasteiger partial charge in [0.15, 0.2) is 11.0 Å². The maximum Gasteiger partial charge on any atom is 0.340 e. The van der Waals surface area contributed by atoms with Gasteiger partial charge in [0.2, 0.25) is 5.91 Å². The zero-order chi connectivity index (χ0) is 24.6. The molecule has 2 aromatic carbocycles. The van der Waals surface area contributed by atoms with E-state index in [1.54, 1.807) is 43.6 Å². The highest BCUT2D eigenvalue weighted by Crippen LogP contribution is 2.28. The molecule has 2 heterocycles. The van der Waals surface area contributed by atoms with Crippen LogP contribution in [0.3, 0.4) is 0 Å². The molecule has 35 heavy (non-hydrogen) atoms. The van der Waals surface area contributed by atoms with E-state index >= 15 is 0 Å². The first-order valence-electron chi connectivity index (χ1n) is 11.2. The molecule has 4 rings (SSSR count). The van der Waals surface area contributed by atoms with Crippen LogP contribution in [0.5, 0.6) is 0 Å². The van der Waals surface area contributed by atoms with Crippen molar-refractivity contribution in [3.8, 4) is 17.1 Å². The average Bonchev–Trinajstić information content (AvgIpc) is 3.32. The predicted molar refractivity (Wildman–Crippen MR) is 136 cm³/mol. The second-order valence-electron chi connectivity index (χ2n) is 7.50. The molecule has 0 radical (unpaired) electrons. The number of carbonyl (C=O) groups is 2. The number of carbonyl (C=O) groups excluding carboxylic acids is 2. The van der Waals surface area contributed by atoms with Crippen LogP contribution in [0, 0.1) is 0 Å². The van der Waals surface area contributed by atoms with Gasteiger partial charge in [0.25, 0.3) is 0 Å². The second kappa shape index (κ2) is 11.4. The zero-order valence-electron chi connectivity index (χ0n) is 19.5. The van der Waals surface area contributed by atoms with Crippen LogP contribution in [0.2, 0.25) is 0 Å². The number of benzene rings is 2. The summed E-state index contributed by atoms with van der Waals surface area (Å²) in [6.45, 7) is 4.10. The van der Waals surface area contributed by atoms with Crippen LogP contribution in [0.4, 0.5) is 5.69 Å². The number of rotatable bonds is 9. The van der Waals surface area contributed by atoms with Crippen LogP contribution < -0.4 is 5.32 Å². The molecule has 0 saturated carbocycles. The molecule has 1 amide bonds. The van der Waals surface area contributed by atoms with Crippen molar-refractivity contribution in [1.29, 1.82) is 0 Å². The van der Waals surface area contributed by atoms with Crippen molar-refractivity contribution in [3.63, 3.8) is 0 Å². The van der Waals surface area contributed by atoms with Crippen LogP contribution in [-0.4, -0.2) is 44.0 Å². The molecule has 0 aliphatic heterocycles. The highest BCUT2D eigenvalue weighted by atomic mass is 32.2. The predicted octanol–water partition coefficient (Wildman–Crippen LogP) is 4.80. The Balaban J connectivity index is 1.56. The number of aryl methyl sites for hydroxylation is 1. The van der Waals surface area contributed by atoms with Crippen LogP contribution in [0.15, 0.2) is 78.2 Å². The lowest BCUT2D eigenvalue weighted by Gasteiger charge is -2.12. The molecule has 0 aliphatic carbocycles. The van der Waals surface area contributed by atoms with Crippen molar-refractivity contribution in [2.45, 2.75) is 25.4 Å². The van der Waals surface area contributed by atoms with Crippen molar-refractivity contribution >= 4 is 29.3 Å². The Morgan fingerprint density at radius 1 is 0.971 bits per heavy atom. The fourth-order valence-electron chi connectivity index (χ4n) is 3.46. The maximum absolute atomic E-state index is 12.8. The maximum atomic E-state index is 12.8. The summed E-state index contributed by atoms with van der Waals surface area (Å²) in [5.41, 5.74) is 3.71. The number of hydrogen-bond acceptors (Lipinski definition) is 7. The van der Waals surface area contributed by atoms with E-state index in [-0.39, 0.29) is 18.3 Å². The fourth-order valence-corrected chi connectivity index (χ4v) is 4.21. The third kappa shape index (κ3) is 5.75. The second-order valence-corrected chi connectivity index (χ2v) is 8.44. The minimum absolute atomic E-state index is 0.0820. The first-order valence-corrected chi connectivity index (χ1v) is 12.2. The smallest absolute Gasteiger partial charge is 0.340 e. The van der Waals surface area contributed by atoms with E-state index in [9.17, 15) is 9.59 Å². The van der Waals surface area contributed by atoms with Gasteiger partial charge in [-0.3, -0.25) is 14.3 Å². The molecule has 9 heteroatoms. The number of para-hydroxylation sites is 1. The highest BCUT2D eigenvalue weighted by Gasteiger charge is 2.19. The van der Waals surface area contributed by atoms with Gasteiger partial charge >= 0.3 is 5.97 Å². The van der Waals surface area contributed by atoms with Gasteiger partial charge < -0.3 is 10.1 Å².